The van der Waals surface area contributed by atoms with Crippen molar-refractivity contribution in [1.82, 2.24) is 29.7 Å². The summed E-state index contributed by atoms with van der Waals surface area (Å²) in [4.78, 5) is 14.2. The third-order valence-electron chi connectivity index (χ3n) is 3.69. The molecule has 1 unspecified atom stereocenters. The summed E-state index contributed by atoms with van der Waals surface area (Å²) in [6.45, 7) is 4.19. The Hall–Kier alpha value is -2.38. The molecule has 3 heterocycles. The molecule has 1 aliphatic heterocycles. The Balaban J connectivity index is 1.62. The normalized spacial score (nSPS) is 18.1. The van der Waals surface area contributed by atoms with Crippen molar-refractivity contribution in [2.24, 2.45) is 0 Å². The number of anilines is 1. The van der Waals surface area contributed by atoms with Crippen molar-refractivity contribution in [2.75, 3.05) is 11.9 Å². The second-order valence-corrected chi connectivity index (χ2v) is 5.11. The average molecular weight is 289 g/mol. The number of aryl methyl sites for hydroxylation is 1. The van der Waals surface area contributed by atoms with Gasteiger partial charge in [0.05, 0.1) is 18.8 Å². The summed E-state index contributed by atoms with van der Waals surface area (Å²) in [5, 5.41) is 14.9. The molecule has 1 atom stereocenters. The lowest BCUT2D eigenvalue weighted by molar-refractivity contribution is 0.199. The quantitative estimate of drug-likeness (QED) is 0.916. The zero-order chi connectivity index (χ0) is 14.7. The number of nitrogens with one attached hydrogen (secondary N) is 1. The lowest BCUT2D eigenvalue weighted by Gasteiger charge is -2.24. The maximum Gasteiger partial charge on any atom is 0.323 e. The largest absolute Gasteiger partial charge is 0.323 e. The van der Waals surface area contributed by atoms with Crippen molar-refractivity contribution in [2.45, 2.75) is 38.9 Å². The van der Waals surface area contributed by atoms with Gasteiger partial charge in [-0.1, -0.05) is 5.21 Å². The number of amides is 2. The van der Waals surface area contributed by atoms with Crippen LogP contribution in [0.15, 0.2) is 24.7 Å². The van der Waals surface area contributed by atoms with E-state index in [2.05, 4.69) is 20.7 Å². The highest BCUT2D eigenvalue weighted by Gasteiger charge is 2.29. The van der Waals surface area contributed by atoms with Crippen LogP contribution in [-0.4, -0.2) is 48.3 Å². The Morgan fingerprint density at radius 2 is 2.38 bits per heavy atom. The molecule has 8 nitrogen and oxygen atoms in total. The Kier molecular flexibility index (Phi) is 3.85. The second kappa shape index (κ2) is 5.94. The van der Waals surface area contributed by atoms with Gasteiger partial charge in [0.15, 0.2) is 5.82 Å². The third-order valence-corrected chi connectivity index (χ3v) is 3.69. The number of aromatic nitrogens is 5. The minimum Gasteiger partial charge on any atom is -0.320 e. The van der Waals surface area contributed by atoms with Crippen LogP contribution in [0.4, 0.5) is 10.6 Å². The number of likely N-dealkylation sites (tertiary alicyclic amines) is 1. The molecule has 0 bridgehead atoms. The molecule has 2 aromatic heterocycles. The van der Waals surface area contributed by atoms with Gasteiger partial charge >= 0.3 is 6.03 Å². The van der Waals surface area contributed by atoms with E-state index in [0.29, 0.717) is 5.82 Å². The maximum atomic E-state index is 12.4. The number of hydrogen-bond donors (Lipinski definition) is 1. The molecule has 2 amide bonds. The summed E-state index contributed by atoms with van der Waals surface area (Å²) in [6, 6.07) is 1.95. The van der Waals surface area contributed by atoms with Gasteiger partial charge in [0.2, 0.25) is 0 Å². The van der Waals surface area contributed by atoms with Crippen molar-refractivity contribution in [3.63, 3.8) is 0 Å². The lowest BCUT2D eigenvalue weighted by atomic mass is 10.2. The van der Waals surface area contributed by atoms with E-state index in [9.17, 15) is 4.79 Å². The molecular weight excluding hydrogens is 270 g/mol. The van der Waals surface area contributed by atoms with Crippen molar-refractivity contribution >= 4 is 11.8 Å². The minimum absolute atomic E-state index is 0.118. The van der Waals surface area contributed by atoms with E-state index in [1.54, 1.807) is 17.1 Å². The summed E-state index contributed by atoms with van der Waals surface area (Å²) >= 11 is 0. The maximum absolute atomic E-state index is 12.4. The summed E-state index contributed by atoms with van der Waals surface area (Å²) < 4.78 is 3.55. The van der Waals surface area contributed by atoms with Crippen LogP contribution in [0.3, 0.4) is 0 Å². The Labute approximate surface area is 122 Å². The van der Waals surface area contributed by atoms with Gasteiger partial charge in [-0.05, 0) is 25.8 Å². The molecule has 0 radical (unpaired) electrons. The standard InChI is InChI=1S/C13H19N7O/c1-2-18-10-12(16-17-18)15-13(21)20-8-3-5-11(20)9-19-7-4-6-14-19/h4,6-7,10-11H,2-3,5,8-9H2,1H3,(H,15,21). The van der Waals surface area contributed by atoms with Crippen LogP contribution in [0.5, 0.6) is 0 Å². The number of carbonyl (C=O) groups is 1. The fourth-order valence-electron chi connectivity index (χ4n) is 2.61. The number of rotatable bonds is 4. The van der Waals surface area contributed by atoms with E-state index in [1.165, 1.54) is 0 Å². The van der Waals surface area contributed by atoms with Crippen LogP contribution >= 0.6 is 0 Å². The van der Waals surface area contributed by atoms with Gasteiger partial charge in [-0.3, -0.25) is 14.7 Å². The van der Waals surface area contributed by atoms with Crippen LogP contribution in [0, 0.1) is 0 Å². The number of hydrogen-bond acceptors (Lipinski definition) is 4. The summed E-state index contributed by atoms with van der Waals surface area (Å²) in [7, 11) is 0. The van der Waals surface area contributed by atoms with Gasteiger partial charge in [0, 0.05) is 25.5 Å². The number of urea groups is 1. The molecule has 0 saturated carbocycles. The summed E-state index contributed by atoms with van der Waals surface area (Å²) in [5.41, 5.74) is 0. The first-order valence-electron chi connectivity index (χ1n) is 7.21. The first kappa shape index (κ1) is 13.6. The zero-order valence-electron chi connectivity index (χ0n) is 12.0. The van der Waals surface area contributed by atoms with Crippen molar-refractivity contribution < 1.29 is 4.79 Å². The van der Waals surface area contributed by atoms with Crippen LogP contribution in [0.25, 0.3) is 0 Å². The van der Waals surface area contributed by atoms with Crippen molar-refractivity contribution in [3.05, 3.63) is 24.7 Å². The molecule has 112 valence electrons. The minimum atomic E-state index is -0.118. The van der Waals surface area contributed by atoms with Crippen LogP contribution in [-0.2, 0) is 13.1 Å². The number of nitrogens with zero attached hydrogens (tertiary/aromatic N) is 6. The average Bonchev–Trinajstić information content (AvgIpc) is 3.20. The van der Waals surface area contributed by atoms with Gasteiger partial charge in [0.25, 0.3) is 0 Å². The van der Waals surface area contributed by atoms with E-state index < -0.39 is 0 Å². The highest BCUT2D eigenvalue weighted by atomic mass is 16.2. The second-order valence-electron chi connectivity index (χ2n) is 5.11. The van der Waals surface area contributed by atoms with Gasteiger partial charge in [-0.15, -0.1) is 5.10 Å². The van der Waals surface area contributed by atoms with Crippen LogP contribution in [0.1, 0.15) is 19.8 Å². The van der Waals surface area contributed by atoms with Crippen molar-refractivity contribution in [3.8, 4) is 0 Å². The highest BCUT2D eigenvalue weighted by Crippen LogP contribution is 2.19. The molecule has 0 aromatic carbocycles. The van der Waals surface area contributed by atoms with E-state index in [-0.39, 0.29) is 12.1 Å². The Morgan fingerprint density at radius 1 is 1.48 bits per heavy atom. The van der Waals surface area contributed by atoms with Gasteiger partial charge in [0.1, 0.15) is 0 Å². The molecule has 3 rings (SSSR count). The van der Waals surface area contributed by atoms with Crippen LogP contribution < -0.4 is 5.32 Å². The van der Waals surface area contributed by atoms with E-state index in [0.717, 1.165) is 32.5 Å². The molecule has 21 heavy (non-hydrogen) atoms. The molecule has 1 fully saturated rings. The summed E-state index contributed by atoms with van der Waals surface area (Å²) in [5.74, 6) is 0.492. The predicted molar refractivity (Wildman–Crippen MR) is 76.7 cm³/mol. The Morgan fingerprint density at radius 3 is 3.10 bits per heavy atom. The van der Waals surface area contributed by atoms with Crippen LogP contribution in [0.2, 0.25) is 0 Å². The molecule has 1 saturated heterocycles. The number of carbonyl (C=O) groups excluding carboxylic acids is 1. The molecule has 0 aliphatic carbocycles. The smallest absolute Gasteiger partial charge is 0.320 e. The van der Waals surface area contributed by atoms with Gasteiger partial charge in [-0.2, -0.15) is 5.10 Å². The fraction of sp³-hybridized carbons (Fsp3) is 0.538. The SMILES string of the molecule is CCn1cc(NC(=O)N2CCCC2Cn2cccn2)nn1. The van der Waals surface area contributed by atoms with Gasteiger partial charge in [-0.25, -0.2) is 4.79 Å². The lowest BCUT2D eigenvalue weighted by Crippen LogP contribution is -2.40. The Bertz CT molecular complexity index is 591. The molecular formula is C13H19N7O. The molecule has 8 heteroatoms. The molecule has 0 spiro atoms. The zero-order valence-corrected chi connectivity index (χ0v) is 12.0. The van der Waals surface area contributed by atoms with Gasteiger partial charge < -0.3 is 4.90 Å². The first-order valence-corrected chi connectivity index (χ1v) is 7.21. The molecule has 1 N–H and O–H groups in total. The van der Waals surface area contributed by atoms with E-state index in [1.807, 2.05) is 28.8 Å². The fourth-order valence-corrected chi connectivity index (χ4v) is 2.61. The monoisotopic (exact) mass is 289 g/mol. The molecule has 2 aromatic rings. The molecule has 1 aliphatic rings. The van der Waals surface area contributed by atoms with E-state index in [4.69, 9.17) is 0 Å². The summed E-state index contributed by atoms with van der Waals surface area (Å²) in [6.07, 6.45) is 7.41. The predicted octanol–water partition coefficient (Wildman–Crippen LogP) is 1.19. The third kappa shape index (κ3) is 3.04. The first-order chi connectivity index (χ1) is 10.3. The van der Waals surface area contributed by atoms with Crippen molar-refractivity contribution in [1.29, 1.82) is 0 Å². The topological polar surface area (TPSA) is 80.9 Å². The highest BCUT2D eigenvalue weighted by molar-refractivity contribution is 5.88. The van der Waals surface area contributed by atoms with E-state index >= 15 is 0 Å².